The summed E-state index contributed by atoms with van der Waals surface area (Å²) in [6, 6.07) is 0. The third-order valence-corrected chi connectivity index (χ3v) is 2.32. The van der Waals surface area contributed by atoms with Crippen molar-refractivity contribution in [3.8, 4) is 0 Å². The highest BCUT2D eigenvalue weighted by Crippen LogP contribution is 2.14. The highest BCUT2D eigenvalue weighted by atomic mass is 32.1. The summed E-state index contributed by atoms with van der Waals surface area (Å²) in [6.45, 7) is 7.46. The van der Waals surface area contributed by atoms with E-state index in [-0.39, 0.29) is 12.3 Å². The molecule has 1 aromatic rings. The summed E-state index contributed by atoms with van der Waals surface area (Å²) in [4.78, 5) is 21.0. The van der Waals surface area contributed by atoms with Gasteiger partial charge in [0.2, 0.25) is 5.71 Å². The summed E-state index contributed by atoms with van der Waals surface area (Å²) in [6.07, 6.45) is 0. The van der Waals surface area contributed by atoms with Crippen molar-refractivity contribution in [1.29, 1.82) is 0 Å². The maximum Gasteiger partial charge on any atom is 0.362 e. The van der Waals surface area contributed by atoms with Gasteiger partial charge in [-0.3, -0.25) is 0 Å². The van der Waals surface area contributed by atoms with Crippen LogP contribution in [0, 0.1) is 0 Å². The second-order valence-electron chi connectivity index (χ2n) is 4.44. The Balaban J connectivity index is 2.99. The zero-order chi connectivity index (χ0) is 13.8. The lowest BCUT2D eigenvalue weighted by Crippen LogP contribution is -2.23. The predicted octanol–water partition coefficient (Wildman–Crippen LogP) is 1.81. The molecule has 1 rings (SSSR count). The molecule has 0 amide bonds. The maximum absolute atomic E-state index is 11.8. The number of nitrogen functional groups attached to an aromatic ring is 1. The van der Waals surface area contributed by atoms with Gasteiger partial charge in [0.05, 0.1) is 6.61 Å². The zero-order valence-electron chi connectivity index (χ0n) is 10.9. The van der Waals surface area contributed by atoms with E-state index in [0.29, 0.717) is 10.8 Å². The van der Waals surface area contributed by atoms with E-state index < -0.39 is 11.6 Å². The normalized spacial score (nSPS) is 12.3. The minimum absolute atomic E-state index is 0.0275. The molecule has 0 unspecified atom stereocenters. The van der Waals surface area contributed by atoms with Crippen molar-refractivity contribution >= 4 is 28.1 Å². The monoisotopic (exact) mass is 271 g/mol. The molecule has 100 valence electrons. The molecule has 0 fully saturated rings. The van der Waals surface area contributed by atoms with Gasteiger partial charge in [-0.1, -0.05) is 5.16 Å². The number of aromatic nitrogens is 1. The smallest absolute Gasteiger partial charge is 0.362 e. The van der Waals surface area contributed by atoms with Gasteiger partial charge < -0.3 is 15.3 Å². The van der Waals surface area contributed by atoms with Crippen molar-refractivity contribution < 1.29 is 14.4 Å². The van der Waals surface area contributed by atoms with Crippen LogP contribution in [0.2, 0.25) is 0 Å². The summed E-state index contributed by atoms with van der Waals surface area (Å²) in [5.41, 5.74) is 5.42. The lowest BCUT2D eigenvalue weighted by molar-refractivity contribution is -0.135. The fourth-order valence-electron chi connectivity index (χ4n) is 0.967. The Morgan fingerprint density at radius 1 is 1.56 bits per heavy atom. The zero-order valence-corrected chi connectivity index (χ0v) is 11.7. The van der Waals surface area contributed by atoms with Gasteiger partial charge in [-0.25, -0.2) is 9.78 Å². The van der Waals surface area contributed by atoms with Crippen LogP contribution < -0.4 is 5.73 Å². The summed E-state index contributed by atoms with van der Waals surface area (Å²) < 4.78 is 4.91. The van der Waals surface area contributed by atoms with Crippen LogP contribution in [0.15, 0.2) is 10.5 Å². The van der Waals surface area contributed by atoms with Gasteiger partial charge in [0.1, 0.15) is 11.3 Å². The van der Waals surface area contributed by atoms with Gasteiger partial charge >= 0.3 is 5.97 Å². The SMILES string of the molecule is CCOC(=O)/C(=N\OC(C)(C)C)c1csc(N)n1. The number of hydrogen-bond donors (Lipinski definition) is 1. The minimum Gasteiger partial charge on any atom is -0.461 e. The van der Waals surface area contributed by atoms with Gasteiger partial charge in [-0.15, -0.1) is 11.3 Å². The third-order valence-electron chi connectivity index (χ3n) is 1.64. The first-order valence-corrected chi connectivity index (χ1v) is 6.36. The lowest BCUT2D eigenvalue weighted by Gasteiger charge is -2.16. The maximum atomic E-state index is 11.8. The van der Waals surface area contributed by atoms with Crippen LogP contribution in [0.1, 0.15) is 33.4 Å². The molecule has 0 bridgehead atoms. The highest BCUT2D eigenvalue weighted by Gasteiger charge is 2.21. The molecule has 1 aromatic heterocycles. The van der Waals surface area contributed by atoms with Crippen molar-refractivity contribution in [3.05, 3.63) is 11.1 Å². The van der Waals surface area contributed by atoms with Crippen molar-refractivity contribution in [3.63, 3.8) is 0 Å². The number of thiazole rings is 1. The minimum atomic E-state index is -0.577. The number of ether oxygens (including phenoxy) is 1. The molecule has 0 spiro atoms. The average Bonchev–Trinajstić information content (AvgIpc) is 2.64. The van der Waals surface area contributed by atoms with Crippen LogP contribution in [0.3, 0.4) is 0 Å². The number of nitrogens with zero attached hydrogens (tertiary/aromatic N) is 2. The van der Waals surface area contributed by atoms with E-state index in [9.17, 15) is 4.79 Å². The second kappa shape index (κ2) is 5.81. The van der Waals surface area contributed by atoms with Crippen LogP contribution in [-0.2, 0) is 14.4 Å². The van der Waals surface area contributed by atoms with Crippen LogP contribution in [-0.4, -0.2) is 28.9 Å². The third kappa shape index (κ3) is 4.33. The van der Waals surface area contributed by atoms with E-state index in [4.69, 9.17) is 15.3 Å². The molecule has 2 N–H and O–H groups in total. The molecule has 7 heteroatoms. The van der Waals surface area contributed by atoms with Crippen LogP contribution >= 0.6 is 11.3 Å². The van der Waals surface area contributed by atoms with Crippen molar-refractivity contribution in [2.75, 3.05) is 12.3 Å². The largest absolute Gasteiger partial charge is 0.461 e. The Hall–Kier alpha value is -1.63. The number of rotatable bonds is 4. The van der Waals surface area contributed by atoms with Crippen molar-refractivity contribution in [2.24, 2.45) is 5.16 Å². The summed E-state index contributed by atoms with van der Waals surface area (Å²) in [5.74, 6) is -0.577. The Bertz CT molecular complexity index is 449. The Morgan fingerprint density at radius 2 is 2.22 bits per heavy atom. The molecule has 6 nitrogen and oxygen atoms in total. The standard InChI is InChI=1S/C11H17N3O3S/c1-5-16-9(15)8(14-17-11(2,3)4)7-6-18-10(12)13-7/h6H,5H2,1-4H3,(H2,12,13)/b14-8-. The number of oxime groups is 1. The van der Waals surface area contributed by atoms with Crippen LogP contribution in [0.25, 0.3) is 0 Å². The summed E-state index contributed by atoms with van der Waals surface area (Å²) in [7, 11) is 0. The molecule has 1 heterocycles. The van der Waals surface area contributed by atoms with Crippen molar-refractivity contribution in [1.82, 2.24) is 4.98 Å². The summed E-state index contributed by atoms with van der Waals surface area (Å²) >= 11 is 1.22. The van der Waals surface area contributed by atoms with E-state index >= 15 is 0 Å². The number of carbonyl (C=O) groups is 1. The quantitative estimate of drug-likeness (QED) is 0.512. The fraction of sp³-hybridized carbons (Fsp3) is 0.545. The fourth-order valence-corrected chi connectivity index (χ4v) is 1.51. The molecular weight excluding hydrogens is 254 g/mol. The molecule has 0 atom stereocenters. The first-order chi connectivity index (χ1) is 8.33. The van der Waals surface area contributed by atoms with E-state index in [0.717, 1.165) is 0 Å². The second-order valence-corrected chi connectivity index (χ2v) is 5.32. The molecule has 18 heavy (non-hydrogen) atoms. The van der Waals surface area contributed by atoms with Crippen molar-refractivity contribution in [2.45, 2.75) is 33.3 Å². The molecule has 0 aromatic carbocycles. The number of anilines is 1. The van der Waals surface area contributed by atoms with Crippen LogP contribution in [0.4, 0.5) is 5.13 Å². The van der Waals surface area contributed by atoms with Gasteiger partial charge in [-0.2, -0.15) is 0 Å². The molecule has 0 saturated carbocycles. The van der Waals surface area contributed by atoms with Gasteiger partial charge in [0.15, 0.2) is 5.13 Å². The number of esters is 1. The van der Waals surface area contributed by atoms with E-state index in [2.05, 4.69) is 10.1 Å². The first kappa shape index (κ1) is 14.4. The molecule has 0 aliphatic heterocycles. The molecular formula is C11H17N3O3S. The molecule has 0 aliphatic carbocycles. The number of carbonyl (C=O) groups excluding carboxylic acids is 1. The Kier molecular flexibility index (Phi) is 4.66. The molecule has 0 aliphatic rings. The van der Waals surface area contributed by atoms with Gasteiger partial charge in [-0.05, 0) is 27.7 Å². The highest BCUT2D eigenvalue weighted by molar-refractivity contribution is 7.13. The van der Waals surface area contributed by atoms with E-state index in [1.807, 2.05) is 20.8 Å². The number of hydrogen-bond acceptors (Lipinski definition) is 7. The Morgan fingerprint density at radius 3 is 2.67 bits per heavy atom. The average molecular weight is 271 g/mol. The summed E-state index contributed by atoms with van der Waals surface area (Å²) in [5, 5.41) is 5.82. The number of nitrogens with two attached hydrogens (primary N) is 1. The van der Waals surface area contributed by atoms with Gasteiger partial charge in [0, 0.05) is 5.38 Å². The first-order valence-electron chi connectivity index (χ1n) is 5.48. The Labute approximate surface area is 110 Å². The van der Waals surface area contributed by atoms with Gasteiger partial charge in [0.25, 0.3) is 0 Å². The topological polar surface area (TPSA) is 86.8 Å². The molecule has 0 saturated heterocycles. The predicted molar refractivity (Wildman–Crippen MR) is 70.5 cm³/mol. The van der Waals surface area contributed by atoms with Crippen LogP contribution in [0.5, 0.6) is 0 Å². The molecule has 0 radical (unpaired) electrons. The van der Waals surface area contributed by atoms with E-state index in [1.165, 1.54) is 11.3 Å². The lowest BCUT2D eigenvalue weighted by atomic mass is 10.2. The van der Waals surface area contributed by atoms with E-state index in [1.54, 1.807) is 12.3 Å².